The standard InChI is InChI=1S/C23H18BrFN2O3/c1-13-8-14(2)22(18(24)9-13)29-12-21(28)26-17-6-7-20-19(11-17)27-23(30-20)15-4-3-5-16(25)10-15/h3-11H,12H2,1-2H3,(H,26,28). The van der Waals surface area contributed by atoms with Crippen LogP contribution in [-0.2, 0) is 4.79 Å². The molecule has 1 amide bonds. The molecule has 0 bridgehead atoms. The minimum absolute atomic E-state index is 0.131. The first-order valence-electron chi connectivity index (χ1n) is 9.25. The van der Waals surface area contributed by atoms with Crippen molar-refractivity contribution >= 4 is 38.6 Å². The number of rotatable bonds is 5. The summed E-state index contributed by atoms with van der Waals surface area (Å²) in [5.41, 5.74) is 4.27. The van der Waals surface area contributed by atoms with Crippen molar-refractivity contribution in [2.45, 2.75) is 13.8 Å². The first-order valence-corrected chi connectivity index (χ1v) is 10.0. The Morgan fingerprint density at radius 1 is 1.17 bits per heavy atom. The fraction of sp³-hybridized carbons (Fsp3) is 0.130. The molecule has 0 spiro atoms. The van der Waals surface area contributed by atoms with Crippen molar-refractivity contribution in [1.82, 2.24) is 4.98 Å². The van der Waals surface area contributed by atoms with Crippen molar-refractivity contribution in [3.63, 3.8) is 0 Å². The molecule has 0 aliphatic rings. The molecule has 5 nitrogen and oxygen atoms in total. The topological polar surface area (TPSA) is 64.4 Å². The molecule has 0 atom stereocenters. The maximum atomic E-state index is 13.4. The number of benzene rings is 3. The van der Waals surface area contributed by atoms with E-state index in [1.807, 2.05) is 26.0 Å². The van der Waals surface area contributed by atoms with Gasteiger partial charge in [-0.3, -0.25) is 4.79 Å². The van der Waals surface area contributed by atoms with Gasteiger partial charge in [0, 0.05) is 11.3 Å². The lowest BCUT2D eigenvalue weighted by molar-refractivity contribution is -0.118. The number of hydrogen-bond donors (Lipinski definition) is 1. The Labute approximate surface area is 181 Å². The SMILES string of the molecule is Cc1cc(C)c(OCC(=O)Nc2ccc3oc(-c4cccc(F)c4)nc3c2)c(Br)c1. The first kappa shape index (κ1) is 20.1. The summed E-state index contributed by atoms with van der Waals surface area (Å²) in [6.07, 6.45) is 0. The summed E-state index contributed by atoms with van der Waals surface area (Å²) in [5, 5.41) is 2.79. The van der Waals surface area contributed by atoms with Crippen LogP contribution in [0.5, 0.6) is 5.75 Å². The van der Waals surface area contributed by atoms with Gasteiger partial charge < -0.3 is 14.5 Å². The molecule has 0 fully saturated rings. The van der Waals surface area contributed by atoms with Crippen LogP contribution in [0.2, 0.25) is 0 Å². The number of fused-ring (bicyclic) bond motifs is 1. The lowest BCUT2D eigenvalue weighted by atomic mass is 10.1. The number of amides is 1. The third-order valence-electron chi connectivity index (χ3n) is 4.46. The largest absolute Gasteiger partial charge is 0.482 e. The van der Waals surface area contributed by atoms with Crippen LogP contribution in [-0.4, -0.2) is 17.5 Å². The second-order valence-corrected chi connectivity index (χ2v) is 7.80. The van der Waals surface area contributed by atoms with Crippen LogP contribution in [0.25, 0.3) is 22.6 Å². The van der Waals surface area contributed by atoms with E-state index in [1.165, 1.54) is 12.1 Å². The third kappa shape index (κ3) is 4.36. The van der Waals surface area contributed by atoms with Crippen molar-refractivity contribution in [3.8, 4) is 17.2 Å². The van der Waals surface area contributed by atoms with Gasteiger partial charge in [-0.25, -0.2) is 9.37 Å². The predicted octanol–water partition coefficient (Wildman–Crippen LogP) is 6.03. The van der Waals surface area contributed by atoms with E-state index in [9.17, 15) is 9.18 Å². The minimum atomic E-state index is -0.363. The van der Waals surface area contributed by atoms with E-state index < -0.39 is 0 Å². The molecular formula is C23H18BrFN2O3. The van der Waals surface area contributed by atoms with E-state index in [0.717, 1.165) is 15.6 Å². The number of carbonyl (C=O) groups excluding carboxylic acids is 1. The highest BCUT2D eigenvalue weighted by atomic mass is 79.9. The molecule has 0 aliphatic heterocycles. The number of nitrogens with zero attached hydrogens (tertiary/aromatic N) is 1. The molecule has 4 aromatic rings. The molecule has 0 saturated carbocycles. The molecule has 1 N–H and O–H groups in total. The lowest BCUT2D eigenvalue weighted by Gasteiger charge is -2.12. The van der Waals surface area contributed by atoms with Gasteiger partial charge in [0.05, 0.1) is 4.47 Å². The zero-order valence-electron chi connectivity index (χ0n) is 16.3. The van der Waals surface area contributed by atoms with Crippen molar-refractivity contribution in [2.24, 2.45) is 0 Å². The number of hydrogen-bond acceptors (Lipinski definition) is 4. The molecule has 1 aromatic heterocycles. The normalized spacial score (nSPS) is 10.9. The highest BCUT2D eigenvalue weighted by Crippen LogP contribution is 2.30. The molecular weight excluding hydrogens is 451 g/mol. The summed E-state index contributed by atoms with van der Waals surface area (Å²) in [4.78, 5) is 16.7. The van der Waals surface area contributed by atoms with Gasteiger partial charge in [-0.05, 0) is 83.4 Å². The third-order valence-corrected chi connectivity index (χ3v) is 5.05. The lowest BCUT2D eigenvalue weighted by Crippen LogP contribution is -2.20. The van der Waals surface area contributed by atoms with Crippen LogP contribution >= 0.6 is 15.9 Å². The molecule has 152 valence electrons. The average Bonchev–Trinajstić information content (AvgIpc) is 3.10. The molecule has 0 saturated heterocycles. The van der Waals surface area contributed by atoms with Crippen molar-refractivity contribution in [1.29, 1.82) is 0 Å². The van der Waals surface area contributed by atoms with Gasteiger partial charge in [0.25, 0.3) is 5.91 Å². The van der Waals surface area contributed by atoms with E-state index in [1.54, 1.807) is 30.3 Å². The zero-order valence-corrected chi connectivity index (χ0v) is 17.9. The first-order chi connectivity index (χ1) is 14.4. The zero-order chi connectivity index (χ0) is 21.3. The van der Waals surface area contributed by atoms with E-state index in [4.69, 9.17) is 9.15 Å². The molecule has 1 heterocycles. The number of oxazole rings is 1. The summed E-state index contributed by atoms with van der Waals surface area (Å²) in [6.45, 7) is 3.79. The second kappa shape index (κ2) is 8.28. The summed E-state index contributed by atoms with van der Waals surface area (Å²) in [6, 6.07) is 15.1. The number of halogens is 2. The van der Waals surface area contributed by atoms with Gasteiger partial charge in [0.1, 0.15) is 17.1 Å². The maximum Gasteiger partial charge on any atom is 0.262 e. The van der Waals surface area contributed by atoms with Crippen LogP contribution in [0.3, 0.4) is 0 Å². The second-order valence-electron chi connectivity index (χ2n) is 6.94. The molecule has 0 aliphatic carbocycles. The van der Waals surface area contributed by atoms with E-state index in [0.29, 0.717) is 34.0 Å². The van der Waals surface area contributed by atoms with E-state index in [2.05, 4.69) is 26.2 Å². The Balaban J connectivity index is 1.47. The minimum Gasteiger partial charge on any atom is -0.482 e. The van der Waals surface area contributed by atoms with Crippen LogP contribution in [0.15, 0.2) is 63.5 Å². The summed E-state index contributed by atoms with van der Waals surface area (Å²) >= 11 is 3.47. The molecule has 4 rings (SSSR count). The molecule has 30 heavy (non-hydrogen) atoms. The van der Waals surface area contributed by atoms with Gasteiger partial charge in [-0.1, -0.05) is 12.1 Å². The Bertz CT molecular complexity index is 1230. The van der Waals surface area contributed by atoms with Crippen LogP contribution in [0.1, 0.15) is 11.1 Å². The van der Waals surface area contributed by atoms with Gasteiger partial charge in [-0.15, -0.1) is 0 Å². The number of carbonyl (C=O) groups is 1. The Morgan fingerprint density at radius 2 is 2.00 bits per heavy atom. The number of ether oxygens (including phenoxy) is 1. The van der Waals surface area contributed by atoms with Gasteiger partial charge in [-0.2, -0.15) is 0 Å². The van der Waals surface area contributed by atoms with Crippen molar-refractivity contribution in [3.05, 3.63) is 76.0 Å². The molecule has 3 aromatic carbocycles. The van der Waals surface area contributed by atoms with E-state index >= 15 is 0 Å². The molecule has 0 unspecified atom stereocenters. The van der Waals surface area contributed by atoms with Crippen LogP contribution in [0, 0.1) is 19.7 Å². The highest BCUT2D eigenvalue weighted by molar-refractivity contribution is 9.10. The monoisotopic (exact) mass is 468 g/mol. The van der Waals surface area contributed by atoms with Crippen molar-refractivity contribution in [2.75, 3.05) is 11.9 Å². The average molecular weight is 469 g/mol. The summed E-state index contributed by atoms with van der Waals surface area (Å²) < 4.78 is 25.6. The Hall–Kier alpha value is -3.19. The predicted molar refractivity (Wildman–Crippen MR) is 117 cm³/mol. The van der Waals surface area contributed by atoms with Gasteiger partial charge in [0.2, 0.25) is 5.89 Å². The Morgan fingerprint density at radius 3 is 2.77 bits per heavy atom. The van der Waals surface area contributed by atoms with Crippen LogP contribution in [0.4, 0.5) is 10.1 Å². The smallest absolute Gasteiger partial charge is 0.262 e. The number of anilines is 1. The molecule has 0 radical (unpaired) electrons. The van der Waals surface area contributed by atoms with Gasteiger partial charge >= 0.3 is 0 Å². The Kier molecular flexibility index (Phi) is 5.55. The number of aromatic nitrogens is 1. The quantitative estimate of drug-likeness (QED) is 0.388. The van der Waals surface area contributed by atoms with E-state index in [-0.39, 0.29) is 18.3 Å². The fourth-order valence-electron chi connectivity index (χ4n) is 3.17. The van der Waals surface area contributed by atoms with Crippen LogP contribution < -0.4 is 10.1 Å². The number of nitrogens with one attached hydrogen (secondary N) is 1. The summed E-state index contributed by atoms with van der Waals surface area (Å²) in [7, 11) is 0. The van der Waals surface area contributed by atoms with Gasteiger partial charge in [0.15, 0.2) is 12.2 Å². The molecule has 7 heteroatoms. The maximum absolute atomic E-state index is 13.4. The fourth-order valence-corrected chi connectivity index (χ4v) is 3.96. The summed E-state index contributed by atoms with van der Waals surface area (Å²) in [5.74, 6) is 0.298. The van der Waals surface area contributed by atoms with Crippen molar-refractivity contribution < 1.29 is 18.3 Å². The highest BCUT2D eigenvalue weighted by Gasteiger charge is 2.12. The number of aryl methyl sites for hydroxylation is 2.